The molecular weight excluding hydrogens is 262 g/mol. The van der Waals surface area contributed by atoms with E-state index in [0.29, 0.717) is 18.2 Å². The first-order chi connectivity index (χ1) is 9.29. The van der Waals surface area contributed by atoms with E-state index in [0.717, 1.165) is 28.3 Å². The van der Waals surface area contributed by atoms with E-state index in [4.69, 9.17) is 21.1 Å². The number of benzene rings is 2. The maximum Gasteiger partial charge on any atom is 0.161 e. The number of halogens is 1. The molecule has 0 aromatic heterocycles. The first-order valence-electron chi connectivity index (χ1n) is 6.16. The zero-order valence-electron chi connectivity index (χ0n) is 10.6. The molecule has 0 saturated heterocycles. The summed E-state index contributed by atoms with van der Waals surface area (Å²) in [5.74, 6) is 1.56. The molecule has 3 nitrogen and oxygen atoms in total. The molecule has 0 saturated carbocycles. The van der Waals surface area contributed by atoms with Gasteiger partial charge in [-0.3, -0.25) is 0 Å². The van der Waals surface area contributed by atoms with Gasteiger partial charge in [0.25, 0.3) is 0 Å². The zero-order chi connectivity index (χ0) is 13.2. The Balaban J connectivity index is 2.07. The third kappa shape index (κ3) is 2.22. The maximum absolute atomic E-state index is 6.39. The number of hydrogen-bond acceptors (Lipinski definition) is 3. The van der Waals surface area contributed by atoms with Crippen molar-refractivity contribution < 1.29 is 9.47 Å². The standard InChI is InChI=1S/C15H14ClNO2/c1-17-12-4-2-3-11(15(12)16)10-5-6-13-14(9-10)19-8-7-18-13/h2-6,9,17H,7-8H2,1H3. The molecule has 1 heterocycles. The van der Waals surface area contributed by atoms with Crippen LogP contribution in [0.3, 0.4) is 0 Å². The molecule has 2 aromatic carbocycles. The van der Waals surface area contributed by atoms with Crippen LogP contribution >= 0.6 is 11.6 Å². The van der Waals surface area contributed by atoms with Crippen LogP contribution < -0.4 is 14.8 Å². The monoisotopic (exact) mass is 275 g/mol. The molecule has 0 unspecified atom stereocenters. The van der Waals surface area contributed by atoms with Gasteiger partial charge in [0.2, 0.25) is 0 Å². The van der Waals surface area contributed by atoms with Crippen molar-refractivity contribution in [3.8, 4) is 22.6 Å². The lowest BCUT2D eigenvalue weighted by Crippen LogP contribution is -2.15. The molecule has 1 aliphatic rings. The predicted molar refractivity (Wildman–Crippen MR) is 77.4 cm³/mol. The molecule has 0 fully saturated rings. The van der Waals surface area contributed by atoms with Crippen molar-refractivity contribution in [1.29, 1.82) is 0 Å². The summed E-state index contributed by atoms with van der Waals surface area (Å²) in [6.45, 7) is 1.18. The van der Waals surface area contributed by atoms with Crippen molar-refractivity contribution in [2.24, 2.45) is 0 Å². The topological polar surface area (TPSA) is 30.5 Å². The van der Waals surface area contributed by atoms with E-state index >= 15 is 0 Å². The third-order valence-electron chi connectivity index (χ3n) is 3.12. The predicted octanol–water partition coefficient (Wildman–Crippen LogP) is 3.82. The van der Waals surface area contributed by atoms with Crippen LogP contribution in [-0.2, 0) is 0 Å². The molecular formula is C15H14ClNO2. The van der Waals surface area contributed by atoms with Gasteiger partial charge < -0.3 is 14.8 Å². The van der Waals surface area contributed by atoms with Crippen LogP contribution in [0.2, 0.25) is 5.02 Å². The Kier molecular flexibility index (Phi) is 3.22. The van der Waals surface area contributed by atoms with Gasteiger partial charge in [0.05, 0.1) is 10.7 Å². The van der Waals surface area contributed by atoms with Crippen molar-refractivity contribution >= 4 is 17.3 Å². The largest absolute Gasteiger partial charge is 0.486 e. The summed E-state index contributed by atoms with van der Waals surface area (Å²) >= 11 is 6.39. The summed E-state index contributed by atoms with van der Waals surface area (Å²) in [6, 6.07) is 11.8. The van der Waals surface area contributed by atoms with Crippen LogP contribution in [0.5, 0.6) is 11.5 Å². The second-order valence-electron chi connectivity index (χ2n) is 4.28. The molecule has 19 heavy (non-hydrogen) atoms. The lowest BCUT2D eigenvalue weighted by molar-refractivity contribution is 0.171. The van der Waals surface area contributed by atoms with E-state index < -0.39 is 0 Å². The number of anilines is 1. The number of fused-ring (bicyclic) bond motifs is 1. The Morgan fingerprint density at radius 2 is 1.84 bits per heavy atom. The molecule has 4 heteroatoms. The fourth-order valence-corrected chi connectivity index (χ4v) is 2.49. The SMILES string of the molecule is CNc1cccc(-c2ccc3c(c2)OCCO3)c1Cl. The van der Waals surface area contributed by atoms with Crippen LogP contribution in [0.4, 0.5) is 5.69 Å². The lowest BCUT2D eigenvalue weighted by Gasteiger charge is -2.19. The minimum absolute atomic E-state index is 0.584. The molecule has 0 spiro atoms. The van der Waals surface area contributed by atoms with Crippen molar-refractivity contribution in [2.75, 3.05) is 25.6 Å². The third-order valence-corrected chi connectivity index (χ3v) is 3.53. The van der Waals surface area contributed by atoms with Crippen molar-refractivity contribution in [1.82, 2.24) is 0 Å². The highest BCUT2D eigenvalue weighted by molar-refractivity contribution is 6.36. The van der Waals surface area contributed by atoms with Gasteiger partial charge in [-0.15, -0.1) is 0 Å². The van der Waals surface area contributed by atoms with Crippen LogP contribution in [0.1, 0.15) is 0 Å². The molecule has 1 N–H and O–H groups in total. The summed E-state index contributed by atoms with van der Waals surface area (Å²) in [5, 5.41) is 3.79. The fourth-order valence-electron chi connectivity index (χ4n) is 2.16. The molecule has 3 rings (SSSR count). The van der Waals surface area contributed by atoms with Gasteiger partial charge in [0.15, 0.2) is 11.5 Å². The smallest absolute Gasteiger partial charge is 0.161 e. The molecule has 2 aromatic rings. The summed E-state index contributed by atoms with van der Waals surface area (Å²) < 4.78 is 11.1. The van der Waals surface area contributed by atoms with E-state index in [-0.39, 0.29) is 0 Å². The average Bonchev–Trinajstić information content (AvgIpc) is 2.47. The molecule has 98 valence electrons. The summed E-state index contributed by atoms with van der Waals surface area (Å²) in [4.78, 5) is 0. The van der Waals surface area contributed by atoms with Gasteiger partial charge in [0.1, 0.15) is 13.2 Å². The average molecular weight is 276 g/mol. The van der Waals surface area contributed by atoms with Gasteiger partial charge in [0, 0.05) is 12.6 Å². The number of nitrogens with one attached hydrogen (secondary N) is 1. The second-order valence-corrected chi connectivity index (χ2v) is 4.65. The van der Waals surface area contributed by atoms with E-state index in [9.17, 15) is 0 Å². The molecule has 0 atom stereocenters. The van der Waals surface area contributed by atoms with Gasteiger partial charge >= 0.3 is 0 Å². The van der Waals surface area contributed by atoms with Crippen LogP contribution in [0.15, 0.2) is 36.4 Å². The number of ether oxygens (including phenoxy) is 2. The van der Waals surface area contributed by atoms with Gasteiger partial charge in [-0.2, -0.15) is 0 Å². The Bertz CT molecular complexity index is 613. The summed E-state index contributed by atoms with van der Waals surface area (Å²) in [5.41, 5.74) is 2.91. The van der Waals surface area contributed by atoms with Gasteiger partial charge in [-0.1, -0.05) is 29.8 Å². The minimum Gasteiger partial charge on any atom is -0.486 e. The second kappa shape index (κ2) is 5.02. The normalized spacial score (nSPS) is 13.2. The first kappa shape index (κ1) is 12.2. The summed E-state index contributed by atoms with van der Waals surface area (Å²) in [7, 11) is 1.86. The first-order valence-corrected chi connectivity index (χ1v) is 6.53. The zero-order valence-corrected chi connectivity index (χ0v) is 11.3. The Morgan fingerprint density at radius 1 is 1.05 bits per heavy atom. The van der Waals surface area contributed by atoms with Crippen LogP contribution in [0.25, 0.3) is 11.1 Å². The number of hydrogen-bond donors (Lipinski definition) is 1. The molecule has 0 amide bonds. The number of rotatable bonds is 2. The van der Waals surface area contributed by atoms with E-state index in [1.165, 1.54) is 0 Å². The Morgan fingerprint density at radius 3 is 2.63 bits per heavy atom. The highest BCUT2D eigenvalue weighted by Crippen LogP contribution is 2.38. The van der Waals surface area contributed by atoms with Gasteiger partial charge in [-0.05, 0) is 23.8 Å². The molecule has 1 aliphatic heterocycles. The summed E-state index contributed by atoms with van der Waals surface area (Å²) in [6.07, 6.45) is 0. The van der Waals surface area contributed by atoms with Crippen molar-refractivity contribution in [2.45, 2.75) is 0 Å². The maximum atomic E-state index is 6.39. The van der Waals surface area contributed by atoms with Gasteiger partial charge in [-0.25, -0.2) is 0 Å². The Hall–Kier alpha value is -1.87. The lowest BCUT2D eigenvalue weighted by atomic mass is 10.0. The molecule has 0 bridgehead atoms. The van der Waals surface area contributed by atoms with Crippen LogP contribution in [0, 0.1) is 0 Å². The Labute approximate surface area is 117 Å². The van der Waals surface area contributed by atoms with Crippen molar-refractivity contribution in [3.63, 3.8) is 0 Å². The van der Waals surface area contributed by atoms with E-state index in [1.807, 2.05) is 43.4 Å². The minimum atomic E-state index is 0.584. The van der Waals surface area contributed by atoms with E-state index in [2.05, 4.69) is 5.32 Å². The van der Waals surface area contributed by atoms with E-state index in [1.54, 1.807) is 0 Å². The quantitative estimate of drug-likeness (QED) is 0.904. The highest BCUT2D eigenvalue weighted by Gasteiger charge is 2.14. The fraction of sp³-hybridized carbons (Fsp3) is 0.200. The van der Waals surface area contributed by atoms with Crippen molar-refractivity contribution in [3.05, 3.63) is 41.4 Å². The highest BCUT2D eigenvalue weighted by atomic mass is 35.5. The molecule has 0 aliphatic carbocycles. The molecule has 0 radical (unpaired) electrons. The van der Waals surface area contributed by atoms with Crippen LogP contribution in [-0.4, -0.2) is 20.3 Å².